The highest BCUT2D eigenvalue weighted by molar-refractivity contribution is 9.10. The van der Waals surface area contributed by atoms with E-state index in [9.17, 15) is 5.11 Å². The average molecular weight is 421 g/mol. The standard InChI is InChI=1S/C18H21BrN4OS/c1-11-5-4-8-22(10-11)15(13-6-3-7-14(19)9-13)16-17(24)23-18(25-16)20-12(2)21-23/h3,6-7,9,11,15,24H,4-5,8,10H2,1-2H3. The van der Waals surface area contributed by atoms with Gasteiger partial charge in [-0.25, -0.2) is 4.98 Å². The third-order valence-electron chi connectivity index (χ3n) is 4.77. The molecule has 0 saturated carbocycles. The molecule has 5 nitrogen and oxygen atoms in total. The van der Waals surface area contributed by atoms with Gasteiger partial charge >= 0.3 is 0 Å². The van der Waals surface area contributed by atoms with Crippen LogP contribution in [0, 0.1) is 12.8 Å². The number of thiazole rings is 1. The predicted molar refractivity (Wildman–Crippen MR) is 103 cm³/mol. The van der Waals surface area contributed by atoms with E-state index in [1.807, 2.05) is 13.0 Å². The van der Waals surface area contributed by atoms with E-state index in [4.69, 9.17) is 0 Å². The molecule has 1 aliphatic rings. The molecule has 2 aromatic heterocycles. The molecular formula is C18H21BrN4OS. The number of fused-ring (bicyclic) bond motifs is 1. The van der Waals surface area contributed by atoms with Crippen molar-refractivity contribution < 1.29 is 5.11 Å². The monoisotopic (exact) mass is 420 g/mol. The van der Waals surface area contributed by atoms with Gasteiger partial charge in [0.2, 0.25) is 10.8 Å². The Hall–Kier alpha value is -1.44. The van der Waals surface area contributed by atoms with E-state index in [1.54, 1.807) is 4.52 Å². The summed E-state index contributed by atoms with van der Waals surface area (Å²) in [6, 6.07) is 8.39. The number of aromatic nitrogens is 3. The third-order valence-corrected chi connectivity index (χ3v) is 6.34. The highest BCUT2D eigenvalue weighted by Crippen LogP contribution is 2.41. The molecule has 0 amide bonds. The molecule has 1 aromatic carbocycles. The average Bonchev–Trinajstić information content (AvgIpc) is 3.06. The van der Waals surface area contributed by atoms with Crippen LogP contribution in [0.3, 0.4) is 0 Å². The van der Waals surface area contributed by atoms with E-state index in [0.29, 0.717) is 11.7 Å². The van der Waals surface area contributed by atoms with Crippen molar-refractivity contribution in [2.24, 2.45) is 5.92 Å². The fourth-order valence-corrected chi connectivity index (χ4v) is 5.27. The van der Waals surface area contributed by atoms with Crippen molar-refractivity contribution in [3.05, 3.63) is 45.0 Å². The summed E-state index contributed by atoms with van der Waals surface area (Å²) in [7, 11) is 0. The first-order chi connectivity index (χ1) is 12.0. The molecule has 25 heavy (non-hydrogen) atoms. The molecule has 3 aromatic rings. The third kappa shape index (κ3) is 3.20. The highest BCUT2D eigenvalue weighted by atomic mass is 79.9. The summed E-state index contributed by atoms with van der Waals surface area (Å²) in [5.41, 5.74) is 1.18. The number of aryl methyl sites for hydroxylation is 1. The Labute approximate surface area is 159 Å². The van der Waals surface area contributed by atoms with Crippen LogP contribution in [0.25, 0.3) is 4.96 Å². The van der Waals surface area contributed by atoms with Crippen molar-refractivity contribution in [1.29, 1.82) is 0 Å². The summed E-state index contributed by atoms with van der Waals surface area (Å²) in [5, 5.41) is 15.2. The molecule has 4 rings (SSSR count). The minimum atomic E-state index is 0.0223. The van der Waals surface area contributed by atoms with Gasteiger partial charge < -0.3 is 5.11 Å². The number of rotatable bonds is 3. The summed E-state index contributed by atoms with van der Waals surface area (Å²) >= 11 is 5.12. The summed E-state index contributed by atoms with van der Waals surface area (Å²) in [6.45, 7) is 6.21. The van der Waals surface area contributed by atoms with Gasteiger partial charge in [0.05, 0.1) is 10.9 Å². The fourth-order valence-electron chi connectivity index (χ4n) is 3.69. The first kappa shape index (κ1) is 17.0. The van der Waals surface area contributed by atoms with Gasteiger partial charge in [-0.1, -0.05) is 46.3 Å². The minimum Gasteiger partial charge on any atom is -0.492 e. The van der Waals surface area contributed by atoms with Crippen molar-refractivity contribution in [1.82, 2.24) is 19.5 Å². The molecule has 0 radical (unpaired) electrons. The number of benzene rings is 1. The minimum absolute atomic E-state index is 0.0223. The van der Waals surface area contributed by atoms with E-state index < -0.39 is 0 Å². The number of aromatic hydroxyl groups is 1. The Morgan fingerprint density at radius 3 is 2.96 bits per heavy atom. The second-order valence-corrected chi connectivity index (χ2v) is 8.77. The van der Waals surface area contributed by atoms with Gasteiger partial charge in [-0.05, 0) is 49.9 Å². The maximum absolute atomic E-state index is 10.8. The van der Waals surface area contributed by atoms with E-state index in [-0.39, 0.29) is 11.9 Å². The van der Waals surface area contributed by atoms with E-state index in [2.05, 4.69) is 56.0 Å². The molecule has 1 fully saturated rings. The Kier molecular flexibility index (Phi) is 4.56. The van der Waals surface area contributed by atoms with Crippen LogP contribution in [0.15, 0.2) is 28.7 Å². The number of halogens is 1. The summed E-state index contributed by atoms with van der Waals surface area (Å²) in [5.74, 6) is 1.55. The van der Waals surface area contributed by atoms with Crippen LogP contribution < -0.4 is 0 Å². The molecule has 0 bridgehead atoms. The zero-order chi connectivity index (χ0) is 17.6. The first-order valence-corrected chi connectivity index (χ1v) is 10.2. The molecule has 0 spiro atoms. The molecule has 7 heteroatoms. The molecule has 1 N–H and O–H groups in total. The second kappa shape index (κ2) is 6.70. The van der Waals surface area contributed by atoms with E-state index in [1.165, 1.54) is 29.7 Å². The van der Waals surface area contributed by atoms with Crippen LogP contribution in [-0.4, -0.2) is 37.7 Å². The number of hydrogen-bond acceptors (Lipinski definition) is 5. The molecule has 2 atom stereocenters. The Bertz CT molecular complexity index is 906. The molecule has 0 aliphatic carbocycles. The topological polar surface area (TPSA) is 53.7 Å². The zero-order valence-electron chi connectivity index (χ0n) is 14.3. The van der Waals surface area contributed by atoms with Gasteiger partial charge in [-0.3, -0.25) is 4.90 Å². The molecule has 2 unspecified atom stereocenters. The summed E-state index contributed by atoms with van der Waals surface area (Å²) in [4.78, 5) is 8.58. The fraction of sp³-hybridized carbons (Fsp3) is 0.444. The maximum Gasteiger partial charge on any atom is 0.230 e. The first-order valence-electron chi connectivity index (χ1n) is 8.57. The number of nitrogens with zero attached hydrogens (tertiary/aromatic N) is 4. The van der Waals surface area contributed by atoms with Gasteiger partial charge in [-0.2, -0.15) is 4.52 Å². The van der Waals surface area contributed by atoms with Crippen molar-refractivity contribution in [2.75, 3.05) is 13.1 Å². The van der Waals surface area contributed by atoms with Crippen LogP contribution in [-0.2, 0) is 0 Å². The number of hydrogen-bond donors (Lipinski definition) is 1. The highest BCUT2D eigenvalue weighted by Gasteiger charge is 2.31. The van der Waals surface area contributed by atoms with Crippen LogP contribution in [0.1, 0.15) is 42.1 Å². The lowest BCUT2D eigenvalue weighted by molar-refractivity contribution is 0.149. The summed E-state index contributed by atoms with van der Waals surface area (Å²) in [6.07, 6.45) is 2.45. The van der Waals surface area contributed by atoms with Crippen molar-refractivity contribution >= 4 is 32.2 Å². The largest absolute Gasteiger partial charge is 0.492 e. The Morgan fingerprint density at radius 1 is 1.40 bits per heavy atom. The van der Waals surface area contributed by atoms with Crippen molar-refractivity contribution in [3.8, 4) is 5.88 Å². The Morgan fingerprint density at radius 2 is 2.24 bits per heavy atom. The van der Waals surface area contributed by atoms with Crippen molar-refractivity contribution in [2.45, 2.75) is 32.7 Å². The van der Waals surface area contributed by atoms with Crippen LogP contribution in [0.2, 0.25) is 0 Å². The molecule has 132 valence electrons. The van der Waals surface area contributed by atoms with Crippen LogP contribution >= 0.6 is 27.3 Å². The van der Waals surface area contributed by atoms with Crippen LogP contribution in [0.5, 0.6) is 5.88 Å². The molecule has 3 heterocycles. The molecular weight excluding hydrogens is 400 g/mol. The zero-order valence-corrected chi connectivity index (χ0v) is 16.7. The smallest absolute Gasteiger partial charge is 0.230 e. The SMILES string of the molecule is Cc1nc2sc(C(c3cccc(Br)c3)N3CCCC(C)C3)c(O)n2n1. The molecule has 1 aliphatic heterocycles. The van der Waals surface area contributed by atoms with E-state index in [0.717, 1.165) is 27.4 Å². The quantitative estimate of drug-likeness (QED) is 0.682. The van der Waals surface area contributed by atoms with E-state index >= 15 is 0 Å². The normalized spacial score (nSPS) is 20.2. The van der Waals surface area contributed by atoms with Gasteiger partial charge in [0.1, 0.15) is 5.82 Å². The predicted octanol–water partition coefficient (Wildman–Crippen LogP) is 4.39. The lowest BCUT2D eigenvalue weighted by Crippen LogP contribution is -2.37. The van der Waals surface area contributed by atoms with Gasteiger partial charge in [0.15, 0.2) is 0 Å². The summed E-state index contributed by atoms with van der Waals surface area (Å²) < 4.78 is 2.61. The van der Waals surface area contributed by atoms with Gasteiger partial charge in [-0.15, -0.1) is 5.10 Å². The van der Waals surface area contributed by atoms with Gasteiger partial charge in [0, 0.05) is 11.0 Å². The van der Waals surface area contributed by atoms with Gasteiger partial charge in [0.25, 0.3) is 0 Å². The number of piperidine rings is 1. The second-order valence-electron chi connectivity index (χ2n) is 6.84. The van der Waals surface area contributed by atoms with Crippen LogP contribution in [0.4, 0.5) is 0 Å². The Balaban J connectivity index is 1.83. The van der Waals surface area contributed by atoms with Crippen molar-refractivity contribution in [3.63, 3.8) is 0 Å². The maximum atomic E-state index is 10.8. The lowest BCUT2D eigenvalue weighted by Gasteiger charge is -2.37. The lowest BCUT2D eigenvalue weighted by atomic mass is 9.95. The number of likely N-dealkylation sites (tertiary alicyclic amines) is 1. The molecule has 1 saturated heterocycles.